The summed E-state index contributed by atoms with van der Waals surface area (Å²) in [6, 6.07) is 15.0. The third kappa shape index (κ3) is 4.41. The van der Waals surface area contributed by atoms with Gasteiger partial charge in [0.1, 0.15) is 10.1 Å². The Morgan fingerprint density at radius 2 is 1.77 bits per heavy atom. The maximum absolute atomic E-state index is 13.2. The second kappa shape index (κ2) is 9.13. The van der Waals surface area contributed by atoms with Gasteiger partial charge in [0.2, 0.25) is 0 Å². The molecule has 1 saturated heterocycles. The molecule has 6 heteroatoms. The van der Waals surface area contributed by atoms with Gasteiger partial charge in [-0.3, -0.25) is 4.79 Å². The van der Waals surface area contributed by atoms with Crippen molar-refractivity contribution >= 4 is 32.9 Å². The van der Waals surface area contributed by atoms with Gasteiger partial charge >= 0.3 is 0 Å². The SMILES string of the molecule is O=C(c1cn(CC2CCC(c3ccccc3)CC2)c2ccc(Br)nc12)N1CCOCC1. The Bertz CT molecular complexity index is 1050. The van der Waals surface area contributed by atoms with Crippen molar-refractivity contribution in [2.45, 2.75) is 38.1 Å². The number of ether oxygens (including phenoxy) is 1. The first-order valence-electron chi connectivity index (χ1n) is 11.3. The largest absolute Gasteiger partial charge is 0.378 e. The number of aromatic nitrogens is 2. The summed E-state index contributed by atoms with van der Waals surface area (Å²) >= 11 is 3.48. The van der Waals surface area contributed by atoms with Gasteiger partial charge in [0.05, 0.1) is 24.3 Å². The van der Waals surface area contributed by atoms with Gasteiger partial charge in [-0.25, -0.2) is 4.98 Å². The van der Waals surface area contributed by atoms with E-state index in [-0.39, 0.29) is 5.91 Å². The number of pyridine rings is 1. The molecule has 5 nitrogen and oxygen atoms in total. The number of nitrogens with zero attached hydrogens (tertiary/aromatic N) is 3. The first-order chi connectivity index (χ1) is 15.2. The summed E-state index contributed by atoms with van der Waals surface area (Å²) in [6.07, 6.45) is 6.94. The molecule has 3 aromatic rings. The van der Waals surface area contributed by atoms with Crippen molar-refractivity contribution in [2.75, 3.05) is 26.3 Å². The fourth-order valence-corrected chi connectivity index (χ4v) is 5.38. The molecule has 1 aliphatic carbocycles. The van der Waals surface area contributed by atoms with Crippen LogP contribution in [-0.4, -0.2) is 46.7 Å². The zero-order valence-corrected chi connectivity index (χ0v) is 19.3. The maximum atomic E-state index is 13.2. The molecule has 1 saturated carbocycles. The topological polar surface area (TPSA) is 47.4 Å². The van der Waals surface area contributed by atoms with E-state index >= 15 is 0 Å². The van der Waals surface area contributed by atoms with E-state index in [2.05, 4.69) is 61.9 Å². The van der Waals surface area contributed by atoms with Crippen LogP contribution in [0.2, 0.25) is 0 Å². The number of halogens is 1. The Kier molecular flexibility index (Phi) is 6.10. The van der Waals surface area contributed by atoms with E-state index in [0.717, 1.165) is 22.2 Å². The minimum atomic E-state index is 0.0606. The highest BCUT2D eigenvalue weighted by Crippen LogP contribution is 2.37. The number of amides is 1. The average molecular weight is 482 g/mol. The third-order valence-electron chi connectivity index (χ3n) is 6.79. The Balaban J connectivity index is 1.35. The van der Waals surface area contributed by atoms with Gasteiger partial charge in [0.15, 0.2) is 0 Å². The molecule has 0 atom stereocenters. The van der Waals surface area contributed by atoms with Crippen LogP contribution in [0.15, 0.2) is 53.3 Å². The average Bonchev–Trinajstić information content (AvgIpc) is 3.17. The van der Waals surface area contributed by atoms with Crippen LogP contribution in [0.25, 0.3) is 11.0 Å². The number of hydrogen-bond acceptors (Lipinski definition) is 3. The van der Waals surface area contributed by atoms with Gasteiger partial charge in [0.25, 0.3) is 5.91 Å². The highest BCUT2D eigenvalue weighted by Gasteiger charge is 2.26. The molecule has 0 bridgehead atoms. The molecular weight excluding hydrogens is 454 g/mol. The summed E-state index contributed by atoms with van der Waals surface area (Å²) in [7, 11) is 0. The number of benzene rings is 1. The van der Waals surface area contributed by atoms with Crippen LogP contribution in [0, 0.1) is 5.92 Å². The standard InChI is InChI=1S/C25H28BrN3O2/c26-23-11-10-22-24(27-23)21(25(30)28-12-14-31-15-13-28)17-29(22)16-18-6-8-20(9-7-18)19-4-2-1-3-5-19/h1-5,10-11,17-18,20H,6-9,12-16H2. The fraction of sp³-hybridized carbons (Fsp3) is 0.440. The Morgan fingerprint density at radius 3 is 2.52 bits per heavy atom. The van der Waals surface area contributed by atoms with Crippen LogP contribution in [0.3, 0.4) is 0 Å². The Morgan fingerprint density at radius 1 is 1.03 bits per heavy atom. The van der Waals surface area contributed by atoms with Gasteiger partial charge in [-0.1, -0.05) is 30.3 Å². The van der Waals surface area contributed by atoms with Gasteiger partial charge < -0.3 is 14.2 Å². The second-order valence-corrected chi connectivity index (χ2v) is 9.54. The summed E-state index contributed by atoms with van der Waals surface area (Å²) in [5, 5.41) is 0. The number of fused-ring (bicyclic) bond motifs is 1. The number of morpholine rings is 1. The number of carbonyl (C=O) groups excluding carboxylic acids is 1. The summed E-state index contributed by atoms with van der Waals surface area (Å²) in [5.41, 5.74) is 4.02. The summed E-state index contributed by atoms with van der Waals surface area (Å²) in [6.45, 7) is 3.43. The van der Waals surface area contributed by atoms with Crippen molar-refractivity contribution in [1.82, 2.24) is 14.5 Å². The van der Waals surface area contributed by atoms with Crippen molar-refractivity contribution in [3.8, 4) is 0 Å². The molecule has 2 aromatic heterocycles. The summed E-state index contributed by atoms with van der Waals surface area (Å²) in [4.78, 5) is 19.8. The van der Waals surface area contributed by atoms with E-state index in [9.17, 15) is 4.79 Å². The van der Waals surface area contributed by atoms with Crippen molar-refractivity contribution < 1.29 is 9.53 Å². The number of rotatable bonds is 4. The first kappa shape index (κ1) is 20.7. The van der Waals surface area contributed by atoms with E-state index in [1.54, 1.807) is 0 Å². The van der Waals surface area contributed by atoms with E-state index in [0.29, 0.717) is 43.7 Å². The van der Waals surface area contributed by atoms with E-state index in [1.165, 1.54) is 31.2 Å². The van der Waals surface area contributed by atoms with Gasteiger partial charge in [0, 0.05) is 25.8 Å². The molecule has 1 aromatic carbocycles. The lowest BCUT2D eigenvalue weighted by molar-refractivity contribution is 0.0304. The van der Waals surface area contributed by atoms with Gasteiger partial charge in [-0.2, -0.15) is 0 Å². The fourth-order valence-electron chi connectivity index (χ4n) is 5.07. The van der Waals surface area contributed by atoms with Crippen LogP contribution in [0.4, 0.5) is 0 Å². The molecule has 0 unspecified atom stereocenters. The quantitative estimate of drug-likeness (QED) is 0.478. The van der Waals surface area contributed by atoms with Crippen LogP contribution in [0.5, 0.6) is 0 Å². The molecule has 0 radical (unpaired) electrons. The van der Waals surface area contributed by atoms with Crippen LogP contribution >= 0.6 is 15.9 Å². The van der Waals surface area contributed by atoms with Crippen molar-refractivity contribution in [2.24, 2.45) is 5.92 Å². The van der Waals surface area contributed by atoms with E-state index < -0.39 is 0 Å². The zero-order chi connectivity index (χ0) is 21.2. The lowest BCUT2D eigenvalue weighted by Crippen LogP contribution is -2.40. The van der Waals surface area contributed by atoms with Crippen LogP contribution in [-0.2, 0) is 11.3 Å². The summed E-state index contributed by atoms with van der Waals surface area (Å²) in [5.74, 6) is 1.37. The maximum Gasteiger partial charge on any atom is 0.257 e. The summed E-state index contributed by atoms with van der Waals surface area (Å²) < 4.78 is 8.44. The molecule has 1 amide bonds. The van der Waals surface area contributed by atoms with Gasteiger partial charge in [-0.05, 0) is 71.1 Å². The van der Waals surface area contributed by atoms with Crippen molar-refractivity contribution in [3.05, 3.63) is 64.4 Å². The van der Waals surface area contributed by atoms with Crippen molar-refractivity contribution in [3.63, 3.8) is 0 Å². The first-order valence-corrected chi connectivity index (χ1v) is 12.1. The van der Waals surface area contributed by atoms with E-state index in [1.807, 2.05) is 17.2 Å². The second-order valence-electron chi connectivity index (χ2n) is 8.73. The van der Waals surface area contributed by atoms with Crippen LogP contribution < -0.4 is 0 Å². The predicted molar refractivity (Wildman–Crippen MR) is 125 cm³/mol. The Hall–Kier alpha value is -2.18. The molecule has 0 spiro atoms. The highest BCUT2D eigenvalue weighted by atomic mass is 79.9. The molecule has 5 rings (SSSR count). The van der Waals surface area contributed by atoms with Crippen molar-refractivity contribution in [1.29, 1.82) is 0 Å². The van der Waals surface area contributed by atoms with E-state index in [4.69, 9.17) is 4.74 Å². The lowest BCUT2D eigenvalue weighted by Gasteiger charge is -2.29. The molecule has 3 heterocycles. The molecular formula is C25H28BrN3O2. The smallest absolute Gasteiger partial charge is 0.257 e. The number of hydrogen-bond donors (Lipinski definition) is 0. The molecule has 2 aliphatic rings. The minimum Gasteiger partial charge on any atom is -0.378 e. The minimum absolute atomic E-state index is 0.0606. The molecule has 162 valence electrons. The molecule has 0 N–H and O–H groups in total. The normalized spacial score (nSPS) is 22.0. The molecule has 31 heavy (non-hydrogen) atoms. The predicted octanol–water partition coefficient (Wildman–Crippen LogP) is 5.25. The number of carbonyl (C=O) groups is 1. The molecule has 1 aliphatic heterocycles. The zero-order valence-electron chi connectivity index (χ0n) is 17.7. The Labute approximate surface area is 191 Å². The lowest BCUT2D eigenvalue weighted by atomic mass is 9.78. The van der Waals surface area contributed by atoms with Crippen LogP contribution in [0.1, 0.15) is 47.5 Å². The monoisotopic (exact) mass is 481 g/mol. The van der Waals surface area contributed by atoms with Gasteiger partial charge in [-0.15, -0.1) is 0 Å². The third-order valence-corrected chi connectivity index (χ3v) is 7.23. The highest BCUT2D eigenvalue weighted by molar-refractivity contribution is 9.10. The molecule has 2 fully saturated rings.